The lowest BCUT2D eigenvalue weighted by atomic mass is 9.87. The molecule has 13 heteroatoms. The van der Waals surface area contributed by atoms with E-state index in [1.165, 1.54) is 36.6 Å². The number of nitrogens with one attached hydrogen (secondary N) is 1. The van der Waals surface area contributed by atoms with E-state index < -0.39 is 29.2 Å². The lowest BCUT2D eigenvalue weighted by Crippen LogP contribution is -2.42. The number of urea groups is 1. The number of amidine groups is 1. The molecule has 2 N–H and O–H groups in total. The van der Waals surface area contributed by atoms with E-state index in [0.29, 0.717) is 47.2 Å². The summed E-state index contributed by atoms with van der Waals surface area (Å²) in [6, 6.07) is 3.21. The molecule has 1 aromatic carbocycles. The molecule has 2 saturated heterocycles. The normalized spacial score (nSPS) is 22.6. The molecule has 4 heterocycles. The van der Waals surface area contributed by atoms with Gasteiger partial charge in [-0.25, -0.2) is 19.0 Å². The molecule has 2 fully saturated rings. The molecule has 0 spiro atoms. The summed E-state index contributed by atoms with van der Waals surface area (Å²) < 4.78 is 19.1. The van der Waals surface area contributed by atoms with Gasteiger partial charge in [0.05, 0.1) is 24.1 Å². The summed E-state index contributed by atoms with van der Waals surface area (Å²) in [5, 5.41) is 15.5. The minimum absolute atomic E-state index is 0.0833. The highest BCUT2D eigenvalue weighted by atomic mass is 35.5. The second-order valence-electron chi connectivity index (χ2n) is 12.2. The molecule has 3 atom stereocenters. The minimum atomic E-state index is -1.02. The van der Waals surface area contributed by atoms with E-state index in [1.807, 2.05) is 10.3 Å². The van der Waals surface area contributed by atoms with Crippen LogP contribution in [-0.4, -0.2) is 76.5 Å². The fourth-order valence-electron chi connectivity index (χ4n) is 6.26. The molecule has 2 amide bonds. The maximum atomic E-state index is 13.9. The first-order valence-corrected chi connectivity index (χ1v) is 16.0. The number of esters is 1. The standard InChI is InChI=1S/C31H37ClFN5O5S/c1-31(2,29(40)41)17-37-16-20-6-4-5-18(11-13-38(20)30(37)42)7-10-23-24(28(39)43-3)25(21-9-8-19(33)15-22(21)32)36-26(35-23)27-34-12-14-44-27/h8-9,12,14-15,18,20,25H,4-7,10-11,13,16-17H2,1-3H3,(H,35,36)(H,40,41). The Morgan fingerprint density at radius 3 is 2.75 bits per heavy atom. The number of halogens is 2. The number of thiazole rings is 1. The quantitative estimate of drug-likeness (QED) is 0.338. The lowest BCUT2D eigenvalue weighted by Gasteiger charge is -2.31. The third-order valence-electron chi connectivity index (χ3n) is 8.71. The summed E-state index contributed by atoms with van der Waals surface area (Å²) in [5.74, 6) is -1.17. The number of aliphatic carboxylic acids is 1. The predicted octanol–water partition coefficient (Wildman–Crippen LogP) is 5.64. The number of benzene rings is 1. The molecule has 2 aromatic rings. The Morgan fingerprint density at radius 1 is 1.27 bits per heavy atom. The molecule has 3 aliphatic heterocycles. The van der Waals surface area contributed by atoms with Crippen molar-refractivity contribution in [2.24, 2.45) is 16.3 Å². The molecule has 3 unspecified atom stereocenters. The number of carboxylic acids is 1. The van der Waals surface area contributed by atoms with Crippen LogP contribution in [0.2, 0.25) is 5.02 Å². The maximum absolute atomic E-state index is 13.9. The van der Waals surface area contributed by atoms with Crippen molar-refractivity contribution < 1.29 is 28.6 Å². The number of allylic oxidation sites excluding steroid dienone is 1. The van der Waals surface area contributed by atoms with Crippen LogP contribution in [0.25, 0.3) is 0 Å². The van der Waals surface area contributed by atoms with E-state index >= 15 is 0 Å². The van der Waals surface area contributed by atoms with E-state index in [2.05, 4.69) is 10.3 Å². The van der Waals surface area contributed by atoms with Crippen molar-refractivity contribution in [3.05, 3.63) is 62.5 Å². The fourth-order valence-corrected chi connectivity index (χ4v) is 7.12. The number of methoxy groups -OCH3 is 1. The van der Waals surface area contributed by atoms with Gasteiger partial charge in [0.2, 0.25) is 0 Å². The zero-order valence-corrected chi connectivity index (χ0v) is 26.6. The number of ether oxygens (including phenoxy) is 1. The van der Waals surface area contributed by atoms with Gasteiger partial charge in [0.25, 0.3) is 0 Å². The van der Waals surface area contributed by atoms with Crippen LogP contribution in [-0.2, 0) is 14.3 Å². The average Bonchev–Trinajstić information content (AvgIpc) is 3.60. The summed E-state index contributed by atoms with van der Waals surface area (Å²) in [6.45, 7) is 4.60. The number of carboxylic acid groups (broad SMARTS) is 1. The molecule has 1 aromatic heterocycles. The number of aromatic nitrogens is 1. The van der Waals surface area contributed by atoms with Crippen molar-refractivity contribution in [1.29, 1.82) is 0 Å². The number of hydrogen-bond donors (Lipinski definition) is 2. The largest absolute Gasteiger partial charge is 0.481 e. The Morgan fingerprint density at radius 2 is 2.07 bits per heavy atom. The van der Waals surface area contributed by atoms with Crippen molar-refractivity contribution in [3.63, 3.8) is 0 Å². The summed E-state index contributed by atoms with van der Waals surface area (Å²) in [7, 11) is 1.31. The molecule has 0 saturated carbocycles. The van der Waals surface area contributed by atoms with Crippen LogP contribution in [0.1, 0.15) is 69.0 Å². The smallest absolute Gasteiger partial charge is 0.338 e. The Balaban J connectivity index is 1.35. The number of hydrogen-bond acceptors (Lipinski definition) is 8. The SMILES string of the molecule is COC(=O)C1=C(CCC2CCCC3CN(CC(C)(C)C(=O)O)C(=O)N3CC2)NC(c2nccs2)=NC1c1ccc(F)cc1Cl. The number of aliphatic imine (C=N–C) groups is 1. The van der Waals surface area contributed by atoms with Crippen LogP contribution in [0.3, 0.4) is 0 Å². The molecule has 236 valence electrons. The van der Waals surface area contributed by atoms with E-state index in [0.717, 1.165) is 32.1 Å². The van der Waals surface area contributed by atoms with Crippen LogP contribution >= 0.6 is 22.9 Å². The van der Waals surface area contributed by atoms with Gasteiger partial charge in [0.15, 0.2) is 10.8 Å². The molecular weight excluding hydrogens is 609 g/mol. The van der Waals surface area contributed by atoms with Gasteiger partial charge < -0.3 is 25.0 Å². The maximum Gasteiger partial charge on any atom is 0.338 e. The van der Waals surface area contributed by atoms with E-state index in [9.17, 15) is 23.9 Å². The van der Waals surface area contributed by atoms with Gasteiger partial charge in [0.1, 0.15) is 11.9 Å². The average molecular weight is 646 g/mol. The minimum Gasteiger partial charge on any atom is -0.481 e. The van der Waals surface area contributed by atoms with E-state index in [-0.39, 0.29) is 29.6 Å². The summed E-state index contributed by atoms with van der Waals surface area (Å²) >= 11 is 7.87. The molecular formula is C31H37ClFN5O5S. The third kappa shape index (κ3) is 6.76. The van der Waals surface area contributed by atoms with E-state index in [1.54, 1.807) is 24.9 Å². The van der Waals surface area contributed by atoms with Crippen LogP contribution < -0.4 is 5.32 Å². The van der Waals surface area contributed by atoms with Crippen molar-refractivity contribution in [2.75, 3.05) is 26.7 Å². The molecule has 44 heavy (non-hydrogen) atoms. The van der Waals surface area contributed by atoms with Gasteiger partial charge >= 0.3 is 18.0 Å². The van der Waals surface area contributed by atoms with Crippen LogP contribution in [0.4, 0.5) is 9.18 Å². The topological polar surface area (TPSA) is 124 Å². The molecule has 0 bridgehead atoms. The van der Waals surface area contributed by atoms with E-state index in [4.69, 9.17) is 21.3 Å². The summed E-state index contributed by atoms with van der Waals surface area (Å²) in [5.41, 5.74) is 0.440. The molecule has 0 radical (unpaired) electrons. The third-order valence-corrected chi connectivity index (χ3v) is 9.81. The summed E-state index contributed by atoms with van der Waals surface area (Å²) in [6.07, 6.45) is 6.50. The van der Waals surface area contributed by atoms with Gasteiger partial charge in [-0.3, -0.25) is 9.79 Å². The Labute approximate surface area is 264 Å². The lowest BCUT2D eigenvalue weighted by molar-refractivity contribution is -0.147. The number of amides is 2. The highest BCUT2D eigenvalue weighted by Gasteiger charge is 2.42. The highest BCUT2D eigenvalue weighted by Crippen LogP contribution is 2.39. The van der Waals surface area contributed by atoms with Gasteiger partial charge in [0, 0.05) is 47.5 Å². The van der Waals surface area contributed by atoms with Gasteiger partial charge in [-0.1, -0.05) is 30.5 Å². The first-order chi connectivity index (χ1) is 21.0. The molecule has 10 nitrogen and oxygen atoms in total. The number of carbonyl (C=O) groups is 3. The summed E-state index contributed by atoms with van der Waals surface area (Å²) in [4.78, 5) is 50.9. The van der Waals surface area contributed by atoms with Crippen LogP contribution in [0, 0.1) is 17.2 Å². The van der Waals surface area contributed by atoms with Crippen molar-refractivity contribution in [2.45, 2.75) is 64.5 Å². The second kappa shape index (κ2) is 13.2. The van der Waals surface area contributed by atoms with Gasteiger partial charge in [-0.2, -0.15) is 0 Å². The van der Waals surface area contributed by atoms with Gasteiger partial charge in [-0.05, 0) is 57.6 Å². The van der Waals surface area contributed by atoms with Crippen molar-refractivity contribution in [1.82, 2.24) is 20.1 Å². The second-order valence-corrected chi connectivity index (χ2v) is 13.5. The first kappa shape index (κ1) is 31.9. The zero-order valence-electron chi connectivity index (χ0n) is 25.0. The number of nitrogens with zero attached hydrogens (tertiary/aromatic N) is 4. The Hall–Kier alpha value is -3.51. The monoisotopic (exact) mass is 645 g/mol. The van der Waals surface area contributed by atoms with Crippen molar-refractivity contribution in [3.8, 4) is 0 Å². The predicted molar refractivity (Wildman–Crippen MR) is 165 cm³/mol. The number of carbonyl (C=O) groups excluding carboxylic acids is 2. The highest BCUT2D eigenvalue weighted by molar-refractivity contribution is 7.11. The number of rotatable bonds is 9. The molecule has 0 aliphatic carbocycles. The fraction of sp³-hybridized carbons (Fsp3) is 0.516. The first-order valence-electron chi connectivity index (χ1n) is 14.8. The Bertz CT molecular complexity index is 1480. The zero-order chi connectivity index (χ0) is 31.6. The molecule has 5 rings (SSSR count). The Kier molecular flexibility index (Phi) is 9.59. The van der Waals surface area contributed by atoms with Crippen LogP contribution in [0.15, 0.2) is 46.0 Å². The molecule has 3 aliphatic rings. The van der Waals surface area contributed by atoms with Crippen molar-refractivity contribution >= 4 is 46.7 Å². The number of fused-ring (bicyclic) bond motifs is 1. The van der Waals surface area contributed by atoms with Crippen LogP contribution in [0.5, 0.6) is 0 Å². The van der Waals surface area contributed by atoms with Gasteiger partial charge in [-0.15, -0.1) is 11.3 Å².